The molecule has 0 fully saturated rings. The number of halogens is 1. The molecule has 0 aromatic heterocycles. The van der Waals surface area contributed by atoms with Crippen LogP contribution in [0.3, 0.4) is 0 Å². The van der Waals surface area contributed by atoms with E-state index in [2.05, 4.69) is 4.99 Å². The summed E-state index contributed by atoms with van der Waals surface area (Å²) in [5, 5.41) is 0.897. The first kappa shape index (κ1) is 6.81. The van der Waals surface area contributed by atoms with Gasteiger partial charge in [-0.3, -0.25) is 4.99 Å². The van der Waals surface area contributed by atoms with Gasteiger partial charge in [-0.1, -0.05) is 11.6 Å². The Morgan fingerprint density at radius 3 is 2.56 bits per heavy atom. The molecule has 0 bridgehead atoms. The molecule has 0 N–H and O–H groups in total. The summed E-state index contributed by atoms with van der Waals surface area (Å²) in [5.74, 6) is 0. The lowest BCUT2D eigenvalue weighted by Crippen LogP contribution is -1.90. The number of nitrogens with zero attached hydrogens (tertiary/aromatic N) is 1. The molecule has 0 aromatic carbocycles. The minimum absolute atomic E-state index is 0.897. The van der Waals surface area contributed by atoms with E-state index in [1.165, 1.54) is 5.57 Å². The summed E-state index contributed by atoms with van der Waals surface area (Å²) in [6.45, 7) is 4.85. The van der Waals surface area contributed by atoms with Crippen LogP contribution >= 0.6 is 11.6 Å². The molecule has 0 amide bonds. The summed E-state index contributed by atoms with van der Waals surface area (Å²) < 4.78 is 0. The van der Waals surface area contributed by atoms with Gasteiger partial charge in [-0.15, -0.1) is 0 Å². The van der Waals surface area contributed by atoms with Gasteiger partial charge in [0.25, 0.3) is 0 Å². The highest BCUT2D eigenvalue weighted by atomic mass is 35.5. The van der Waals surface area contributed by atoms with Crippen LogP contribution in [0.4, 0.5) is 0 Å². The maximum Gasteiger partial charge on any atom is 0.0434 e. The zero-order valence-corrected chi connectivity index (χ0v) is 6.50. The minimum Gasteiger partial charge on any atom is -0.289 e. The van der Waals surface area contributed by atoms with Gasteiger partial charge in [0.05, 0.1) is 0 Å². The standard InChI is InChI=1S/C7H10ClN/c1-5(8)7-3-4-9-6(7)2/h3-4H2,1-2H3/b7-5-. The van der Waals surface area contributed by atoms with E-state index in [1.54, 1.807) is 0 Å². The van der Waals surface area contributed by atoms with Crippen molar-refractivity contribution in [2.24, 2.45) is 4.99 Å². The lowest BCUT2D eigenvalue weighted by Gasteiger charge is -1.95. The Bertz CT molecular complexity index is 169. The monoisotopic (exact) mass is 143 g/mol. The lowest BCUT2D eigenvalue weighted by atomic mass is 10.1. The minimum atomic E-state index is 0.897. The fraction of sp³-hybridized carbons (Fsp3) is 0.571. The molecule has 0 aromatic rings. The molecule has 2 heteroatoms. The van der Waals surface area contributed by atoms with Crippen LogP contribution in [0.15, 0.2) is 15.6 Å². The fourth-order valence-corrected chi connectivity index (χ4v) is 1.26. The zero-order chi connectivity index (χ0) is 6.85. The van der Waals surface area contributed by atoms with Crippen LogP contribution in [0, 0.1) is 0 Å². The molecule has 1 aliphatic heterocycles. The number of rotatable bonds is 0. The topological polar surface area (TPSA) is 12.4 Å². The Morgan fingerprint density at radius 2 is 2.33 bits per heavy atom. The molecule has 0 aliphatic carbocycles. The van der Waals surface area contributed by atoms with Gasteiger partial charge in [0.1, 0.15) is 0 Å². The predicted octanol–water partition coefficient (Wildman–Crippen LogP) is 2.36. The van der Waals surface area contributed by atoms with E-state index in [9.17, 15) is 0 Å². The molecule has 1 aliphatic rings. The first-order valence-corrected chi connectivity index (χ1v) is 3.46. The van der Waals surface area contributed by atoms with E-state index in [0.29, 0.717) is 0 Å². The van der Waals surface area contributed by atoms with Gasteiger partial charge >= 0.3 is 0 Å². The number of hydrogen-bond donors (Lipinski definition) is 0. The zero-order valence-electron chi connectivity index (χ0n) is 5.74. The molecule has 50 valence electrons. The van der Waals surface area contributed by atoms with Gasteiger partial charge in [-0.05, 0) is 25.8 Å². The van der Waals surface area contributed by atoms with Crippen molar-refractivity contribution < 1.29 is 0 Å². The predicted molar refractivity (Wildman–Crippen MR) is 41.1 cm³/mol. The van der Waals surface area contributed by atoms with Crippen molar-refractivity contribution in [2.45, 2.75) is 20.3 Å². The molecule has 0 unspecified atom stereocenters. The third kappa shape index (κ3) is 1.33. The average molecular weight is 144 g/mol. The largest absolute Gasteiger partial charge is 0.289 e. The maximum absolute atomic E-state index is 5.78. The summed E-state index contributed by atoms with van der Waals surface area (Å²) >= 11 is 5.78. The summed E-state index contributed by atoms with van der Waals surface area (Å²) in [6.07, 6.45) is 1.03. The molecule has 0 saturated carbocycles. The number of allylic oxidation sites excluding steroid dienone is 1. The Morgan fingerprint density at radius 1 is 1.67 bits per heavy atom. The van der Waals surface area contributed by atoms with E-state index in [-0.39, 0.29) is 0 Å². The molecule has 1 rings (SSSR count). The van der Waals surface area contributed by atoms with Gasteiger partial charge < -0.3 is 0 Å². The van der Waals surface area contributed by atoms with Crippen molar-refractivity contribution in [1.29, 1.82) is 0 Å². The molecule has 0 spiro atoms. The van der Waals surface area contributed by atoms with Gasteiger partial charge in [-0.25, -0.2) is 0 Å². The van der Waals surface area contributed by atoms with Crippen molar-refractivity contribution in [1.82, 2.24) is 0 Å². The molecule has 1 heterocycles. The van der Waals surface area contributed by atoms with E-state index < -0.39 is 0 Å². The third-order valence-electron chi connectivity index (χ3n) is 1.56. The number of hydrogen-bond acceptors (Lipinski definition) is 1. The fourth-order valence-electron chi connectivity index (χ4n) is 1.03. The quantitative estimate of drug-likeness (QED) is 0.494. The molecule has 0 radical (unpaired) electrons. The smallest absolute Gasteiger partial charge is 0.0434 e. The molecule has 9 heavy (non-hydrogen) atoms. The van der Waals surface area contributed by atoms with Crippen molar-refractivity contribution in [3.8, 4) is 0 Å². The Hall–Kier alpha value is -0.300. The van der Waals surface area contributed by atoms with Crippen molar-refractivity contribution in [2.75, 3.05) is 6.54 Å². The summed E-state index contributed by atoms with van der Waals surface area (Å²) in [7, 11) is 0. The normalized spacial score (nSPS) is 24.1. The van der Waals surface area contributed by atoms with E-state index in [1.807, 2.05) is 13.8 Å². The summed E-state index contributed by atoms with van der Waals surface area (Å²) in [5.41, 5.74) is 2.35. The van der Waals surface area contributed by atoms with Crippen LogP contribution < -0.4 is 0 Å². The molecular weight excluding hydrogens is 134 g/mol. The van der Waals surface area contributed by atoms with E-state index >= 15 is 0 Å². The first-order chi connectivity index (χ1) is 4.22. The number of aliphatic imine (C=N–C) groups is 1. The highest BCUT2D eigenvalue weighted by Gasteiger charge is 2.09. The van der Waals surface area contributed by atoms with Crippen LogP contribution in [0.2, 0.25) is 0 Å². The average Bonchev–Trinajstić information content (AvgIpc) is 2.13. The van der Waals surface area contributed by atoms with Crippen LogP contribution in [0.1, 0.15) is 20.3 Å². The van der Waals surface area contributed by atoms with Gasteiger partial charge in [-0.2, -0.15) is 0 Å². The van der Waals surface area contributed by atoms with Crippen LogP contribution in [-0.4, -0.2) is 12.3 Å². The molecule has 0 saturated heterocycles. The van der Waals surface area contributed by atoms with Crippen molar-refractivity contribution in [3.05, 3.63) is 10.6 Å². The molecule has 0 atom stereocenters. The summed E-state index contributed by atoms with van der Waals surface area (Å²) in [6, 6.07) is 0. The van der Waals surface area contributed by atoms with Gasteiger partial charge in [0.15, 0.2) is 0 Å². The second kappa shape index (κ2) is 2.53. The third-order valence-corrected chi connectivity index (χ3v) is 1.79. The van der Waals surface area contributed by atoms with Crippen LogP contribution in [-0.2, 0) is 0 Å². The van der Waals surface area contributed by atoms with Gasteiger partial charge in [0.2, 0.25) is 0 Å². The summed E-state index contributed by atoms with van der Waals surface area (Å²) in [4.78, 5) is 4.21. The molecule has 1 nitrogen and oxygen atoms in total. The van der Waals surface area contributed by atoms with Crippen LogP contribution in [0.25, 0.3) is 0 Å². The van der Waals surface area contributed by atoms with E-state index in [0.717, 1.165) is 23.7 Å². The van der Waals surface area contributed by atoms with Crippen molar-refractivity contribution >= 4 is 17.3 Å². The first-order valence-electron chi connectivity index (χ1n) is 3.08. The van der Waals surface area contributed by atoms with Crippen LogP contribution in [0.5, 0.6) is 0 Å². The maximum atomic E-state index is 5.78. The lowest BCUT2D eigenvalue weighted by molar-refractivity contribution is 1.04. The Balaban J connectivity index is 2.87. The highest BCUT2D eigenvalue weighted by molar-refractivity contribution is 6.31. The highest BCUT2D eigenvalue weighted by Crippen LogP contribution is 2.18. The SMILES string of the molecule is CC1=NCC/C1=C(\C)Cl. The van der Waals surface area contributed by atoms with Gasteiger partial charge in [0, 0.05) is 17.3 Å². The second-order valence-electron chi connectivity index (χ2n) is 2.23. The second-order valence-corrected chi connectivity index (χ2v) is 2.80. The van der Waals surface area contributed by atoms with E-state index in [4.69, 9.17) is 11.6 Å². The van der Waals surface area contributed by atoms with Crippen molar-refractivity contribution in [3.63, 3.8) is 0 Å². The Kier molecular flexibility index (Phi) is 1.91. The molecular formula is C7H10ClN. The Labute approximate surface area is 60.4 Å².